The van der Waals surface area contributed by atoms with Gasteiger partial charge in [-0.15, -0.1) is 11.3 Å². The van der Waals surface area contributed by atoms with E-state index in [2.05, 4.69) is 15.0 Å². The standard InChI is InChI=1S/C18H13F3N4O4S2/c19-18(20,21)16(27)24-13-3-1-11(2-4-13)15(26)23-12-5-7-14(8-6-12)31(28,29)25-17-22-9-10-30-17/h1-10H,(H,22,25)(H,23,26)(H,24,27). The Morgan fingerprint density at radius 2 is 1.48 bits per heavy atom. The zero-order chi connectivity index (χ0) is 22.6. The normalized spacial score (nSPS) is 11.6. The topological polar surface area (TPSA) is 117 Å². The van der Waals surface area contributed by atoms with E-state index in [1.165, 1.54) is 42.6 Å². The lowest BCUT2D eigenvalue weighted by Crippen LogP contribution is -2.29. The van der Waals surface area contributed by atoms with Gasteiger partial charge in [-0.2, -0.15) is 13.2 Å². The lowest BCUT2D eigenvalue weighted by molar-refractivity contribution is -0.167. The van der Waals surface area contributed by atoms with Crippen molar-refractivity contribution in [1.29, 1.82) is 0 Å². The van der Waals surface area contributed by atoms with Crippen LogP contribution in [0.25, 0.3) is 0 Å². The second-order valence-electron chi connectivity index (χ2n) is 5.95. The number of alkyl halides is 3. The summed E-state index contributed by atoms with van der Waals surface area (Å²) < 4.78 is 63.7. The second-order valence-corrected chi connectivity index (χ2v) is 8.53. The van der Waals surface area contributed by atoms with Crippen molar-refractivity contribution in [2.24, 2.45) is 0 Å². The summed E-state index contributed by atoms with van der Waals surface area (Å²) in [4.78, 5) is 27.0. The maximum Gasteiger partial charge on any atom is 0.471 e. The Bertz CT molecular complexity index is 1180. The van der Waals surface area contributed by atoms with Crippen molar-refractivity contribution in [3.63, 3.8) is 0 Å². The van der Waals surface area contributed by atoms with Crippen LogP contribution in [0.5, 0.6) is 0 Å². The van der Waals surface area contributed by atoms with Crippen LogP contribution in [0.4, 0.5) is 29.7 Å². The second kappa shape index (κ2) is 8.73. The molecule has 0 aliphatic carbocycles. The van der Waals surface area contributed by atoms with Crippen LogP contribution in [0.1, 0.15) is 10.4 Å². The molecule has 0 aliphatic rings. The summed E-state index contributed by atoms with van der Waals surface area (Å²) in [6.45, 7) is 0. The van der Waals surface area contributed by atoms with Crippen LogP contribution in [0.2, 0.25) is 0 Å². The van der Waals surface area contributed by atoms with Gasteiger partial charge in [-0.25, -0.2) is 13.4 Å². The highest BCUT2D eigenvalue weighted by atomic mass is 32.2. The van der Waals surface area contributed by atoms with E-state index in [1.807, 2.05) is 0 Å². The average molecular weight is 470 g/mol. The first-order chi connectivity index (χ1) is 14.5. The Labute approximate surface area is 178 Å². The fraction of sp³-hybridized carbons (Fsp3) is 0.0556. The molecule has 1 heterocycles. The molecule has 0 radical (unpaired) electrons. The number of nitrogens with one attached hydrogen (secondary N) is 3. The number of anilines is 3. The predicted octanol–water partition coefficient (Wildman–Crippen LogP) is 3.70. The third-order valence-electron chi connectivity index (χ3n) is 3.74. The highest BCUT2D eigenvalue weighted by Crippen LogP contribution is 2.21. The smallest absolute Gasteiger partial charge is 0.322 e. The van der Waals surface area contributed by atoms with E-state index in [1.54, 1.807) is 10.7 Å². The summed E-state index contributed by atoms with van der Waals surface area (Å²) in [6, 6.07) is 10.1. The van der Waals surface area contributed by atoms with Crippen LogP contribution in [0.3, 0.4) is 0 Å². The molecule has 0 unspecified atom stereocenters. The highest BCUT2D eigenvalue weighted by Gasteiger charge is 2.38. The minimum atomic E-state index is -5.02. The van der Waals surface area contributed by atoms with Gasteiger partial charge in [-0.05, 0) is 48.5 Å². The van der Waals surface area contributed by atoms with Gasteiger partial charge in [0.2, 0.25) is 0 Å². The number of hydrogen-bond acceptors (Lipinski definition) is 6. The number of sulfonamides is 1. The van der Waals surface area contributed by atoms with Crippen molar-refractivity contribution < 1.29 is 31.2 Å². The van der Waals surface area contributed by atoms with Gasteiger partial charge in [-0.3, -0.25) is 14.3 Å². The SMILES string of the molecule is O=C(Nc1ccc(S(=O)(=O)Nc2nccs2)cc1)c1ccc(NC(=O)C(F)(F)F)cc1. The summed E-state index contributed by atoms with van der Waals surface area (Å²) >= 11 is 1.12. The molecule has 0 saturated carbocycles. The van der Waals surface area contributed by atoms with Gasteiger partial charge < -0.3 is 10.6 Å². The molecule has 31 heavy (non-hydrogen) atoms. The van der Waals surface area contributed by atoms with E-state index in [9.17, 15) is 31.2 Å². The summed E-state index contributed by atoms with van der Waals surface area (Å²) in [7, 11) is -3.84. The molecular weight excluding hydrogens is 457 g/mol. The minimum Gasteiger partial charge on any atom is -0.322 e. The van der Waals surface area contributed by atoms with Crippen molar-refractivity contribution in [1.82, 2.24) is 4.98 Å². The van der Waals surface area contributed by atoms with E-state index in [-0.39, 0.29) is 21.3 Å². The molecule has 0 saturated heterocycles. The fourth-order valence-electron chi connectivity index (χ4n) is 2.28. The highest BCUT2D eigenvalue weighted by molar-refractivity contribution is 7.93. The molecule has 3 aromatic rings. The summed E-state index contributed by atoms with van der Waals surface area (Å²) in [5.74, 6) is -2.70. The van der Waals surface area contributed by atoms with E-state index in [0.29, 0.717) is 5.69 Å². The van der Waals surface area contributed by atoms with Gasteiger partial charge >= 0.3 is 12.1 Å². The number of halogens is 3. The number of aromatic nitrogens is 1. The van der Waals surface area contributed by atoms with Crippen LogP contribution >= 0.6 is 11.3 Å². The van der Waals surface area contributed by atoms with Gasteiger partial charge in [0.1, 0.15) is 0 Å². The molecule has 2 aromatic carbocycles. The predicted molar refractivity (Wildman–Crippen MR) is 108 cm³/mol. The van der Waals surface area contributed by atoms with Crippen LogP contribution in [-0.4, -0.2) is 31.4 Å². The number of benzene rings is 2. The largest absolute Gasteiger partial charge is 0.471 e. The molecule has 8 nitrogen and oxygen atoms in total. The molecular formula is C18H13F3N4O4S2. The fourth-order valence-corrected chi connectivity index (χ4v) is 4.06. The molecule has 1 aromatic heterocycles. The van der Waals surface area contributed by atoms with Gasteiger partial charge in [0, 0.05) is 28.5 Å². The maximum atomic E-state index is 12.3. The van der Waals surface area contributed by atoms with Crippen molar-refractivity contribution >= 4 is 49.7 Å². The Kier molecular flexibility index (Phi) is 6.27. The monoisotopic (exact) mass is 470 g/mol. The van der Waals surface area contributed by atoms with E-state index in [4.69, 9.17) is 0 Å². The maximum absolute atomic E-state index is 12.3. The van der Waals surface area contributed by atoms with Crippen LogP contribution in [0.15, 0.2) is 65.0 Å². The Hall–Kier alpha value is -3.45. The van der Waals surface area contributed by atoms with Crippen molar-refractivity contribution in [3.8, 4) is 0 Å². The summed E-state index contributed by atoms with van der Waals surface area (Å²) in [6.07, 6.45) is -3.57. The molecule has 162 valence electrons. The van der Waals surface area contributed by atoms with E-state index >= 15 is 0 Å². The van der Waals surface area contributed by atoms with Gasteiger partial charge in [0.25, 0.3) is 15.9 Å². The molecule has 3 N–H and O–H groups in total. The van der Waals surface area contributed by atoms with Crippen LogP contribution < -0.4 is 15.4 Å². The molecule has 0 fully saturated rings. The lowest BCUT2D eigenvalue weighted by atomic mass is 10.2. The molecule has 2 amide bonds. The van der Waals surface area contributed by atoms with Gasteiger partial charge in [0.15, 0.2) is 5.13 Å². The Morgan fingerprint density at radius 1 is 0.903 bits per heavy atom. The van der Waals surface area contributed by atoms with Crippen molar-refractivity contribution in [2.75, 3.05) is 15.4 Å². The number of nitrogens with zero attached hydrogens (tertiary/aromatic N) is 1. The average Bonchev–Trinajstić information content (AvgIpc) is 3.20. The minimum absolute atomic E-state index is 0.0366. The zero-order valence-corrected chi connectivity index (χ0v) is 16.9. The van der Waals surface area contributed by atoms with E-state index in [0.717, 1.165) is 23.5 Å². The van der Waals surface area contributed by atoms with Gasteiger partial charge in [-0.1, -0.05) is 0 Å². The number of carbonyl (C=O) groups is 2. The third kappa shape index (κ3) is 5.79. The first-order valence-electron chi connectivity index (χ1n) is 8.36. The molecule has 13 heteroatoms. The van der Waals surface area contributed by atoms with Gasteiger partial charge in [0.05, 0.1) is 4.90 Å². The molecule has 0 atom stereocenters. The first-order valence-corrected chi connectivity index (χ1v) is 10.7. The third-order valence-corrected chi connectivity index (χ3v) is 5.91. The number of rotatable bonds is 6. The zero-order valence-electron chi connectivity index (χ0n) is 15.3. The summed E-state index contributed by atoms with van der Waals surface area (Å²) in [5.41, 5.74) is 0.293. The van der Waals surface area contributed by atoms with Crippen molar-refractivity contribution in [2.45, 2.75) is 11.1 Å². The molecule has 0 bridgehead atoms. The number of thiazole rings is 1. The Morgan fingerprint density at radius 3 is 2.03 bits per heavy atom. The molecule has 0 aliphatic heterocycles. The summed E-state index contributed by atoms with van der Waals surface area (Å²) in [5, 5.41) is 6.04. The van der Waals surface area contributed by atoms with E-state index < -0.39 is 28.0 Å². The Balaban J connectivity index is 1.63. The lowest BCUT2D eigenvalue weighted by Gasteiger charge is -2.10. The first kappa shape index (κ1) is 22.2. The van der Waals surface area contributed by atoms with Crippen LogP contribution in [-0.2, 0) is 14.8 Å². The van der Waals surface area contributed by atoms with Crippen LogP contribution in [0, 0.1) is 0 Å². The number of carbonyl (C=O) groups excluding carboxylic acids is 2. The van der Waals surface area contributed by atoms with Crippen molar-refractivity contribution in [3.05, 3.63) is 65.7 Å². The molecule has 0 spiro atoms. The quantitative estimate of drug-likeness (QED) is 0.508. The molecule has 3 rings (SSSR count). The number of hydrogen-bond donors (Lipinski definition) is 3. The number of amides is 2.